The number of alkyl halides is 3. The van der Waals surface area contributed by atoms with Crippen LogP contribution in [-0.4, -0.2) is 47.3 Å². The minimum atomic E-state index is -4.74. The summed E-state index contributed by atoms with van der Waals surface area (Å²) in [7, 11) is -3.08. The fourth-order valence-corrected chi connectivity index (χ4v) is 4.31. The molecular weight excluding hydrogens is 461 g/mol. The van der Waals surface area contributed by atoms with Gasteiger partial charge in [-0.05, 0) is 31.2 Å². The number of hydrogen-bond donors (Lipinski definition) is 1. The van der Waals surface area contributed by atoms with Gasteiger partial charge in [0.1, 0.15) is 17.0 Å². The van der Waals surface area contributed by atoms with Gasteiger partial charge < -0.3 is 4.74 Å². The maximum atomic E-state index is 12.8. The number of nitrogens with zero attached hydrogens (tertiary/aromatic N) is 5. The van der Waals surface area contributed by atoms with E-state index in [4.69, 9.17) is 4.74 Å². The van der Waals surface area contributed by atoms with Crippen molar-refractivity contribution in [1.29, 1.82) is 5.26 Å². The highest BCUT2D eigenvalue weighted by Crippen LogP contribution is 2.36. The van der Waals surface area contributed by atoms with Gasteiger partial charge in [-0.25, -0.2) is 13.4 Å². The molecule has 0 amide bonds. The summed E-state index contributed by atoms with van der Waals surface area (Å²) in [5, 5.41) is 10.2. The summed E-state index contributed by atoms with van der Waals surface area (Å²) in [5.74, 6) is 0. The SMILES string of the molecule is COc1ncc2c(C#N)c(-c3ccc(S(=O)(=O)NC(C)C(F)(F)F)cn3)n(C3=CC=C3)c2n1. The molecule has 13 heteroatoms. The Kier molecular flexibility index (Phi) is 5.43. The largest absolute Gasteiger partial charge is 0.467 e. The van der Waals surface area contributed by atoms with Crippen molar-refractivity contribution in [2.24, 2.45) is 0 Å². The number of nitriles is 1. The molecule has 0 spiro atoms. The molecule has 0 bridgehead atoms. The number of fused-ring (bicyclic) bond motifs is 1. The first-order chi connectivity index (χ1) is 15.6. The lowest BCUT2D eigenvalue weighted by Gasteiger charge is -2.17. The van der Waals surface area contributed by atoms with Gasteiger partial charge in [0.05, 0.1) is 29.4 Å². The molecule has 0 fully saturated rings. The van der Waals surface area contributed by atoms with Crippen molar-refractivity contribution in [1.82, 2.24) is 24.2 Å². The predicted molar refractivity (Wildman–Crippen MR) is 111 cm³/mol. The van der Waals surface area contributed by atoms with Crippen molar-refractivity contribution in [3.05, 3.63) is 48.3 Å². The van der Waals surface area contributed by atoms with Gasteiger partial charge in [0.15, 0.2) is 5.65 Å². The highest BCUT2D eigenvalue weighted by atomic mass is 32.2. The Labute approximate surface area is 185 Å². The molecule has 1 atom stereocenters. The molecule has 0 saturated heterocycles. The van der Waals surface area contributed by atoms with Gasteiger partial charge in [0, 0.05) is 18.1 Å². The highest BCUT2D eigenvalue weighted by Gasteiger charge is 2.39. The first-order valence-corrected chi connectivity index (χ1v) is 10.8. The Hall–Kier alpha value is -3.76. The van der Waals surface area contributed by atoms with Crippen molar-refractivity contribution in [3.63, 3.8) is 0 Å². The Morgan fingerprint density at radius 2 is 1.97 bits per heavy atom. The highest BCUT2D eigenvalue weighted by molar-refractivity contribution is 7.89. The molecule has 9 nitrogen and oxygen atoms in total. The number of pyridine rings is 1. The van der Waals surface area contributed by atoms with E-state index in [-0.39, 0.29) is 17.3 Å². The first-order valence-electron chi connectivity index (χ1n) is 9.36. The Morgan fingerprint density at radius 1 is 1.24 bits per heavy atom. The number of halogens is 3. The molecule has 0 aliphatic heterocycles. The maximum absolute atomic E-state index is 12.8. The molecule has 1 aliphatic carbocycles. The third-order valence-corrected chi connectivity index (χ3v) is 6.41. The number of allylic oxidation sites excluding steroid dienone is 4. The van der Waals surface area contributed by atoms with Gasteiger partial charge in [0.2, 0.25) is 10.0 Å². The van der Waals surface area contributed by atoms with E-state index in [0.29, 0.717) is 29.3 Å². The normalized spacial score (nSPS) is 14.5. The van der Waals surface area contributed by atoms with Crippen molar-refractivity contribution >= 4 is 26.8 Å². The Morgan fingerprint density at radius 3 is 2.48 bits per heavy atom. The average molecular weight is 476 g/mol. The van der Waals surface area contributed by atoms with E-state index < -0.39 is 27.1 Å². The number of rotatable bonds is 6. The van der Waals surface area contributed by atoms with Crippen LogP contribution >= 0.6 is 0 Å². The second kappa shape index (κ2) is 7.98. The maximum Gasteiger partial charge on any atom is 0.404 e. The van der Waals surface area contributed by atoms with Crippen LogP contribution in [0.5, 0.6) is 6.01 Å². The van der Waals surface area contributed by atoms with E-state index in [1.165, 1.54) is 19.4 Å². The number of ether oxygens (including phenoxy) is 1. The van der Waals surface area contributed by atoms with Gasteiger partial charge >= 0.3 is 12.2 Å². The number of hydrogen-bond acceptors (Lipinski definition) is 7. The summed E-state index contributed by atoms with van der Waals surface area (Å²) in [6.07, 6.45) is 2.96. The third-order valence-electron chi connectivity index (χ3n) is 4.89. The van der Waals surface area contributed by atoms with Gasteiger partial charge in [-0.3, -0.25) is 9.55 Å². The van der Waals surface area contributed by atoms with Gasteiger partial charge in [-0.15, -0.1) is 0 Å². The number of sulfonamides is 1. The standard InChI is InChI=1S/C20H15F3N6O3S/c1-11(20(21,22)23)28-33(30,31)13-6-7-16(25-9-13)17-14(8-24)15-10-26-19(32-2)27-18(15)29(17)12-4-3-5-12/h3-7,9-11,28H,1-2H3. The lowest BCUT2D eigenvalue weighted by Crippen LogP contribution is -2.42. The molecule has 0 radical (unpaired) electrons. The van der Waals surface area contributed by atoms with Crippen LogP contribution in [0.25, 0.3) is 28.1 Å². The van der Waals surface area contributed by atoms with Crippen molar-refractivity contribution in [2.45, 2.75) is 24.0 Å². The summed E-state index contributed by atoms with van der Waals surface area (Å²) in [5.41, 5.74) is 1.80. The fraction of sp³-hybridized carbons (Fsp3) is 0.200. The van der Waals surface area contributed by atoms with Crippen molar-refractivity contribution in [3.8, 4) is 23.5 Å². The summed E-state index contributed by atoms with van der Waals surface area (Å²) in [6, 6.07) is 2.33. The molecule has 3 aromatic rings. The molecule has 0 aromatic carbocycles. The zero-order valence-electron chi connectivity index (χ0n) is 17.1. The smallest absolute Gasteiger partial charge is 0.404 e. The number of methoxy groups -OCH3 is 1. The molecule has 4 rings (SSSR count). The van der Waals surface area contributed by atoms with Crippen LogP contribution in [0.15, 0.2) is 47.6 Å². The van der Waals surface area contributed by atoms with Crippen LogP contribution in [0.4, 0.5) is 13.2 Å². The monoisotopic (exact) mass is 476 g/mol. The second-order valence-electron chi connectivity index (χ2n) is 6.98. The quantitative estimate of drug-likeness (QED) is 0.580. The molecule has 1 unspecified atom stereocenters. The van der Waals surface area contributed by atoms with E-state index in [1.807, 2.05) is 0 Å². The molecule has 1 N–H and O–H groups in total. The zero-order valence-corrected chi connectivity index (χ0v) is 17.9. The Balaban J connectivity index is 1.82. The summed E-state index contributed by atoms with van der Waals surface area (Å²) < 4.78 is 71.3. The van der Waals surface area contributed by atoms with E-state index in [1.54, 1.807) is 27.5 Å². The molecule has 33 heavy (non-hydrogen) atoms. The van der Waals surface area contributed by atoms with Crippen molar-refractivity contribution in [2.75, 3.05) is 7.11 Å². The van der Waals surface area contributed by atoms with Gasteiger partial charge in [-0.1, -0.05) is 6.08 Å². The summed E-state index contributed by atoms with van der Waals surface area (Å²) in [6.45, 7) is 0.701. The van der Waals surface area contributed by atoms with Crippen LogP contribution < -0.4 is 9.46 Å². The average Bonchev–Trinajstić information content (AvgIpc) is 3.04. The number of nitrogens with one attached hydrogen (secondary N) is 1. The van der Waals surface area contributed by atoms with Crippen LogP contribution in [0.1, 0.15) is 12.5 Å². The summed E-state index contributed by atoms with van der Waals surface area (Å²) in [4.78, 5) is 12.0. The molecule has 1 aliphatic rings. The van der Waals surface area contributed by atoms with E-state index in [2.05, 4.69) is 21.0 Å². The van der Waals surface area contributed by atoms with Crippen LogP contribution in [0.2, 0.25) is 0 Å². The molecular formula is C20H15F3N6O3S. The lowest BCUT2D eigenvalue weighted by atomic mass is 10.1. The second-order valence-corrected chi connectivity index (χ2v) is 8.69. The van der Waals surface area contributed by atoms with Gasteiger partial charge in [0.25, 0.3) is 0 Å². The molecule has 3 aromatic heterocycles. The summed E-state index contributed by atoms with van der Waals surface area (Å²) >= 11 is 0. The predicted octanol–water partition coefficient (Wildman–Crippen LogP) is 3.01. The van der Waals surface area contributed by atoms with Crippen LogP contribution in [0, 0.1) is 11.3 Å². The van der Waals surface area contributed by atoms with Crippen LogP contribution in [0.3, 0.4) is 0 Å². The van der Waals surface area contributed by atoms with Gasteiger partial charge in [-0.2, -0.15) is 28.1 Å². The minimum absolute atomic E-state index is 0.0838. The molecule has 170 valence electrons. The molecule has 3 heterocycles. The minimum Gasteiger partial charge on any atom is -0.467 e. The first kappa shape index (κ1) is 22.4. The zero-order chi connectivity index (χ0) is 24.0. The van der Waals surface area contributed by atoms with E-state index >= 15 is 0 Å². The number of aromatic nitrogens is 4. The fourth-order valence-electron chi connectivity index (χ4n) is 3.13. The third kappa shape index (κ3) is 3.94. The molecule has 0 saturated carbocycles. The van der Waals surface area contributed by atoms with Crippen LogP contribution in [-0.2, 0) is 10.0 Å². The van der Waals surface area contributed by atoms with Crippen molar-refractivity contribution < 1.29 is 26.3 Å². The lowest BCUT2D eigenvalue weighted by molar-refractivity contribution is -0.147. The van der Waals surface area contributed by atoms with E-state index in [9.17, 15) is 26.9 Å². The Bertz CT molecular complexity index is 1450. The topological polar surface area (TPSA) is 123 Å². The van der Waals surface area contributed by atoms with E-state index in [0.717, 1.165) is 12.3 Å².